The van der Waals surface area contributed by atoms with E-state index in [-0.39, 0.29) is 18.5 Å². The minimum Gasteiger partial charge on any atom is -0.320 e. The number of halogens is 3. The molecule has 1 saturated heterocycles. The molecule has 1 rings (SSSR count). The summed E-state index contributed by atoms with van der Waals surface area (Å²) >= 11 is 0. The van der Waals surface area contributed by atoms with E-state index < -0.39 is 6.61 Å². The number of nitrogens with one attached hydrogen (secondary N) is 1. The van der Waals surface area contributed by atoms with Crippen molar-refractivity contribution in [3.63, 3.8) is 0 Å². The van der Waals surface area contributed by atoms with Crippen molar-refractivity contribution in [2.45, 2.75) is 25.6 Å². The Kier molecular flexibility index (Phi) is 5.72. The van der Waals surface area contributed by atoms with Gasteiger partial charge in [-0.1, -0.05) is 0 Å². The van der Waals surface area contributed by atoms with Crippen LogP contribution in [0.25, 0.3) is 0 Å². The molecule has 0 aromatic rings. The van der Waals surface area contributed by atoms with Gasteiger partial charge in [0.25, 0.3) is 0 Å². The van der Waals surface area contributed by atoms with Gasteiger partial charge in [-0.25, -0.2) is 0 Å². The van der Waals surface area contributed by atoms with Crippen LogP contribution in [0, 0.1) is 0 Å². The maximum absolute atomic E-state index is 11.6. The van der Waals surface area contributed by atoms with Gasteiger partial charge in [-0.05, 0) is 25.9 Å². The van der Waals surface area contributed by atoms with Gasteiger partial charge < -0.3 is 10.1 Å². The zero-order valence-electron chi connectivity index (χ0n) is 6.06. The van der Waals surface area contributed by atoms with Crippen molar-refractivity contribution in [2.24, 2.45) is 0 Å². The largest absolute Gasteiger partial charge is 0.345 e. The highest BCUT2D eigenvalue weighted by Crippen LogP contribution is 2.10. The molecule has 0 spiro atoms. The third-order valence-electron chi connectivity index (χ3n) is 1.58. The van der Waals surface area contributed by atoms with Crippen LogP contribution in [0.5, 0.6) is 0 Å². The van der Waals surface area contributed by atoms with E-state index in [1.165, 1.54) is 0 Å². The van der Waals surface area contributed by atoms with E-state index in [2.05, 4.69) is 10.1 Å². The Morgan fingerprint density at radius 2 is 1.82 bits per heavy atom. The molecule has 1 aliphatic rings. The molecule has 1 aliphatic heterocycles. The van der Waals surface area contributed by atoms with Gasteiger partial charge in [0, 0.05) is 0 Å². The number of hydrogen-bond donors (Lipinski definition) is 1. The molecule has 0 unspecified atom stereocenters. The maximum Gasteiger partial charge on any atom is 0.345 e. The van der Waals surface area contributed by atoms with E-state index in [4.69, 9.17) is 0 Å². The van der Waals surface area contributed by atoms with E-state index in [0.717, 1.165) is 13.1 Å². The lowest BCUT2D eigenvalue weighted by Gasteiger charge is -2.22. The third kappa shape index (κ3) is 4.50. The average Bonchev–Trinajstić information content (AvgIpc) is 1.88. The molecule has 0 aliphatic carbocycles. The lowest BCUT2D eigenvalue weighted by molar-refractivity contribution is -0.167. The van der Waals surface area contributed by atoms with Crippen LogP contribution in [0.15, 0.2) is 0 Å². The summed E-state index contributed by atoms with van der Waals surface area (Å²) in [5.74, 6) is 0. The predicted molar refractivity (Wildman–Crippen MR) is 40.2 cm³/mol. The van der Waals surface area contributed by atoms with Gasteiger partial charge in [0.15, 0.2) is 0 Å². The van der Waals surface area contributed by atoms with Crippen LogP contribution in [0.3, 0.4) is 0 Å². The fraction of sp³-hybridized carbons (Fsp3) is 1.00. The predicted octanol–water partition coefficient (Wildman–Crippen LogP) is 1.40. The van der Waals surface area contributed by atoms with E-state index in [0.29, 0.717) is 12.8 Å². The summed E-state index contributed by atoms with van der Waals surface area (Å²) in [5, 5.41) is 3.06. The van der Waals surface area contributed by atoms with E-state index in [1.54, 1.807) is 0 Å². The van der Waals surface area contributed by atoms with Crippen molar-refractivity contribution in [2.75, 3.05) is 13.1 Å². The summed E-state index contributed by atoms with van der Waals surface area (Å²) in [6.07, 6.45) is 1.16. The fourth-order valence-electron chi connectivity index (χ4n) is 1.08. The average molecular weight is 188 g/mol. The first kappa shape index (κ1) is 11.1. The first-order chi connectivity index (χ1) is 4.79. The van der Waals surface area contributed by atoms with Gasteiger partial charge in [0.05, 0.1) is 6.10 Å². The summed E-state index contributed by atoms with van der Waals surface area (Å²) in [6.45, 7) is -1.03. The summed E-state index contributed by atoms with van der Waals surface area (Å²) < 4.78 is 27.5. The van der Waals surface area contributed by atoms with Crippen molar-refractivity contribution in [1.82, 2.24) is 5.32 Å². The van der Waals surface area contributed by atoms with Crippen LogP contribution < -0.4 is 5.32 Å². The SMILES string of the molecule is Cl.FC(F)OC1CCNCC1. The standard InChI is InChI=1S/C6H11F2NO.ClH/c7-6(8)10-5-1-3-9-4-2-5;/h5-6,9H,1-4H2;1H. The van der Waals surface area contributed by atoms with Crippen LogP contribution in [-0.2, 0) is 4.74 Å². The van der Waals surface area contributed by atoms with Gasteiger partial charge in [0.2, 0.25) is 0 Å². The van der Waals surface area contributed by atoms with Crippen LogP contribution in [0.2, 0.25) is 0 Å². The lowest BCUT2D eigenvalue weighted by atomic mass is 10.1. The Morgan fingerprint density at radius 3 is 2.27 bits per heavy atom. The molecule has 0 aromatic heterocycles. The van der Waals surface area contributed by atoms with Crippen molar-refractivity contribution < 1.29 is 13.5 Å². The molecule has 0 saturated carbocycles. The van der Waals surface area contributed by atoms with Crippen molar-refractivity contribution in [1.29, 1.82) is 0 Å². The summed E-state index contributed by atoms with van der Waals surface area (Å²) in [4.78, 5) is 0. The Labute approximate surface area is 70.7 Å². The minimum absolute atomic E-state index is 0. The van der Waals surface area contributed by atoms with E-state index >= 15 is 0 Å². The molecule has 5 heteroatoms. The monoisotopic (exact) mass is 187 g/mol. The number of ether oxygens (including phenoxy) is 1. The highest BCUT2D eigenvalue weighted by atomic mass is 35.5. The topological polar surface area (TPSA) is 21.3 Å². The van der Waals surface area contributed by atoms with Crippen LogP contribution in [0.1, 0.15) is 12.8 Å². The molecular weight excluding hydrogens is 176 g/mol. The van der Waals surface area contributed by atoms with E-state index in [1.807, 2.05) is 0 Å². The number of rotatable bonds is 2. The summed E-state index contributed by atoms with van der Waals surface area (Å²) in [7, 11) is 0. The molecule has 0 radical (unpaired) electrons. The molecule has 1 N–H and O–H groups in total. The fourth-order valence-corrected chi connectivity index (χ4v) is 1.08. The Bertz CT molecular complexity index is 98.6. The second-order valence-corrected chi connectivity index (χ2v) is 2.35. The Balaban J connectivity index is 0.000001000. The second-order valence-electron chi connectivity index (χ2n) is 2.35. The highest BCUT2D eigenvalue weighted by molar-refractivity contribution is 5.85. The van der Waals surface area contributed by atoms with Gasteiger partial charge in [-0.3, -0.25) is 0 Å². The number of alkyl halides is 2. The minimum atomic E-state index is -2.61. The van der Waals surface area contributed by atoms with Gasteiger partial charge >= 0.3 is 6.61 Å². The zero-order chi connectivity index (χ0) is 7.40. The zero-order valence-corrected chi connectivity index (χ0v) is 6.87. The second kappa shape index (κ2) is 5.69. The quantitative estimate of drug-likeness (QED) is 0.706. The summed E-state index contributed by atoms with van der Waals surface area (Å²) in [6, 6.07) is 0. The first-order valence-electron chi connectivity index (χ1n) is 3.43. The molecule has 0 atom stereocenters. The van der Waals surface area contributed by atoms with Crippen molar-refractivity contribution in [3.8, 4) is 0 Å². The Hall–Kier alpha value is 0.0700. The van der Waals surface area contributed by atoms with Crippen LogP contribution >= 0.6 is 12.4 Å². The number of piperidine rings is 1. The summed E-state index contributed by atoms with van der Waals surface area (Å²) in [5.41, 5.74) is 0. The van der Waals surface area contributed by atoms with Crippen molar-refractivity contribution >= 4 is 12.4 Å². The molecule has 2 nitrogen and oxygen atoms in total. The molecule has 0 bridgehead atoms. The maximum atomic E-state index is 11.6. The van der Waals surface area contributed by atoms with Gasteiger partial charge in [-0.2, -0.15) is 8.78 Å². The lowest BCUT2D eigenvalue weighted by Crippen LogP contribution is -2.33. The Morgan fingerprint density at radius 1 is 1.27 bits per heavy atom. The number of hydrogen-bond acceptors (Lipinski definition) is 2. The third-order valence-corrected chi connectivity index (χ3v) is 1.58. The molecular formula is C6H12ClF2NO. The smallest absolute Gasteiger partial charge is 0.320 e. The van der Waals surface area contributed by atoms with Crippen LogP contribution in [0.4, 0.5) is 8.78 Å². The molecule has 11 heavy (non-hydrogen) atoms. The highest BCUT2D eigenvalue weighted by Gasteiger charge is 2.16. The van der Waals surface area contributed by atoms with Gasteiger partial charge in [-0.15, -0.1) is 12.4 Å². The first-order valence-corrected chi connectivity index (χ1v) is 3.43. The molecule has 1 fully saturated rings. The normalized spacial score (nSPS) is 19.9. The van der Waals surface area contributed by atoms with Crippen LogP contribution in [-0.4, -0.2) is 25.8 Å². The molecule has 1 heterocycles. The molecule has 68 valence electrons. The van der Waals surface area contributed by atoms with E-state index in [9.17, 15) is 8.78 Å². The molecule has 0 aromatic carbocycles. The van der Waals surface area contributed by atoms with Gasteiger partial charge in [0.1, 0.15) is 0 Å². The van der Waals surface area contributed by atoms with Crippen molar-refractivity contribution in [3.05, 3.63) is 0 Å². The molecule has 0 amide bonds.